The van der Waals surface area contributed by atoms with E-state index >= 15 is 0 Å². The van der Waals surface area contributed by atoms with Crippen LogP contribution >= 0.6 is 0 Å². The van der Waals surface area contributed by atoms with E-state index in [2.05, 4.69) is 5.16 Å². The molecule has 2 aromatic carbocycles. The summed E-state index contributed by atoms with van der Waals surface area (Å²) >= 11 is 0. The van der Waals surface area contributed by atoms with Crippen LogP contribution in [0.2, 0.25) is 0 Å². The Labute approximate surface area is 164 Å². The Balaban J connectivity index is 1.65. The first-order chi connectivity index (χ1) is 13.5. The number of hydrogen-bond donors (Lipinski definition) is 0. The predicted octanol–water partition coefficient (Wildman–Crippen LogP) is 2.44. The first kappa shape index (κ1) is 18.8. The lowest BCUT2D eigenvalue weighted by molar-refractivity contribution is 0.0803. The summed E-state index contributed by atoms with van der Waals surface area (Å²) in [6, 6.07) is 12.7. The van der Waals surface area contributed by atoms with Crippen LogP contribution in [0.15, 0.2) is 52.5 Å². The number of oxime groups is 1. The molecular formula is C20H22N2O5S. The van der Waals surface area contributed by atoms with Crippen molar-refractivity contribution >= 4 is 15.7 Å². The fourth-order valence-corrected chi connectivity index (χ4v) is 5.38. The summed E-state index contributed by atoms with van der Waals surface area (Å²) < 4.78 is 38.5. The Morgan fingerprint density at radius 2 is 1.89 bits per heavy atom. The minimum atomic E-state index is -3.78. The number of hydrogen-bond acceptors (Lipinski definition) is 6. The zero-order valence-corrected chi connectivity index (χ0v) is 16.8. The maximum absolute atomic E-state index is 13.3. The summed E-state index contributed by atoms with van der Waals surface area (Å²) in [5.74, 6) is 0.635. The Bertz CT molecular complexity index is 1030. The molecule has 8 heteroatoms. The van der Waals surface area contributed by atoms with Gasteiger partial charge in [-0.25, -0.2) is 8.42 Å². The molecular weight excluding hydrogens is 380 g/mol. The van der Waals surface area contributed by atoms with Crippen LogP contribution in [0.25, 0.3) is 0 Å². The van der Waals surface area contributed by atoms with Crippen molar-refractivity contribution in [1.29, 1.82) is 0 Å². The summed E-state index contributed by atoms with van der Waals surface area (Å²) in [5, 5.41) is 4.25. The van der Waals surface area contributed by atoms with Gasteiger partial charge in [0.2, 0.25) is 10.0 Å². The summed E-state index contributed by atoms with van der Waals surface area (Å²) in [7, 11) is -0.831. The minimum absolute atomic E-state index is 0.0868. The van der Waals surface area contributed by atoms with Crippen LogP contribution in [0.5, 0.6) is 11.5 Å². The predicted molar refractivity (Wildman–Crippen MR) is 104 cm³/mol. The van der Waals surface area contributed by atoms with Gasteiger partial charge in [0.15, 0.2) is 6.10 Å². The van der Waals surface area contributed by atoms with Gasteiger partial charge in [-0.15, -0.1) is 0 Å². The number of methoxy groups -OCH3 is 2. The van der Waals surface area contributed by atoms with Gasteiger partial charge in [-0.1, -0.05) is 29.4 Å². The van der Waals surface area contributed by atoms with E-state index < -0.39 is 10.0 Å². The summed E-state index contributed by atoms with van der Waals surface area (Å²) in [5.41, 5.74) is 2.88. The number of rotatable bonds is 5. The van der Waals surface area contributed by atoms with Crippen LogP contribution in [0.4, 0.5) is 0 Å². The van der Waals surface area contributed by atoms with E-state index in [0.29, 0.717) is 12.3 Å². The molecule has 2 aliphatic heterocycles. The van der Waals surface area contributed by atoms with Crippen molar-refractivity contribution in [2.24, 2.45) is 11.1 Å². The normalized spacial score (nSPS) is 21.8. The Hall–Kier alpha value is -2.58. The molecule has 0 spiro atoms. The number of sulfonamides is 1. The maximum atomic E-state index is 13.3. The van der Waals surface area contributed by atoms with Gasteiger partial charge in [-0.05, 0) is 24.6 Å². The topological polar surface area (TPSA) is 77.4 Å². The highest BCUT2D eigenvalue weighted by Gasteiger charge is 2.47. The average Bonchev–Trinajstić information content (AvgIpc) is 3.29. The molecule has 0 amide bonds. The number of benzene rings is 2. The van der Waals surface area contributed by atoms with Crippen LogP contribution in [-0.2, 0) is 14.9 Å². The zero-order valence-electron chi connectivity index (χ0n) is 16.0. The smallest absolute Gasteiger partial charge is 0.247 e. The van der Waals surface area contributed by atoms with E-state index in [9.17, 15) is 8.42 Å². The molecule has 0 N–H and O–H groups in total. The number of fused-ring (bicyclic) bond motifs is 1. The fraction of sp³-hybridized carbons (Fsp3) is 0.350. The lowest BCUT2D eigenvalue weighted by Crippen LogP contribution is -2.31. The van der Waals surface area contributed by atoms with Gasteiger partial charge in [0.1, 0.15) is 16.4 Å². The van der Waals surface area contributed by atoms with Crippen molar-refractivity contribution in [3.05, 3.63) is 53.6 Å². The van der Waals surface area contributed by atoms with Crippen LogP contribution in [0.3, 0.4) is 0 Å². The molecule has 28 heavy (non-hydrogen) atoms. The highest BCUT2D eigenvalue weighted by Crippen LogP contribution is 2.37. The lowest BCUT2D eigenvalue weighted by Gasteiger charge is -2.19. The van der Waals surface area contributed by atoms with E-state index in [0.717, 1.165) is 16.8 Å². The molecule has 2 aromatic rings. The third kappa shape index (κ3) is 3.02. The minimum Gasteiger partial charge on any atom is -0.497 e. The van der Waals surface area contributed by atoms with Crippen LogP contribution in [0, 0.1) is 12.8 Å². The summed E-state index contributed by atoms with van der Waals surface area (Å²) in [6.45, 7) is 2.56. The summed E-state index contributed by atoms with van der Waals surface area (Å²) in [4.78, 5) is 5.67. The molecule has 0 radical (unpaired) electrons. The molecule has 2 atom stereocenters. The second-order valence-electron chi connectivity index (χ2n) is 6.88. The third-order valence-electron chi connectivity index (χ3n) is 5.28. The van der Waals surface area contributed by atoms with Gasteiger partial charge >= 0.3 is 0 Å². The van der Waals surface area contributed by atoms with E-state index in [1.54, 1.807) is 12.1 Å². The van der Waals surface area contributed by atoms with Gasteiger partial charge in [-0.3, -0.25) is 0 Å². The monoisotopic (exact) mass is 402 g/mol. The highest BCUT2D eigenvalue weighted by molar-refractivity contribution is 7.89. The second-order valence-corrected chi connectivity index (χ2v) is 8.79. The van der Waals surface area contributed by atoms with Crippen molar-refractivity contribution in [3.8, 4) is 11.5 Å². The molecule has 4 rings (SSSR count). The van der Waals surface area contributed by atoms with Crippen molar-refractivity contribution in [1.82, 2.24) is 4.31 Å². The quantitative estimate of drug-likeness (QED) is 0.768. The van der Waals surface area contributed by atoms with Gasteiger partial charge in [-0.2, -0.15) is 4.31 Å². The van der Waals surface area contributed by atoms with Crippen LogP contribution < -0.4 is 9.47 Å². The Morgan fingerprint density at radius 1 is 1.11 bits per heavy atom. The lowest BCUT2D eigenvalue weighted by atomic mass is 9.92. The molecule has 7 nitrogen and oxygen atoms in total. The molecule has 2 heterocycles. The second kappa shape index (κ2) is 7.10. The molecule has 0 bridgehead atoms. The fourth-order valence-electron chi connectivity index (χ4n) is 3.73. The Morgan fingerprint density at radius 3 is 2.61 bits per heavy atom. The molecule has 1 saturated heterocycles. The van der Waals surface area contributed by atoms with E-state index in [1.165, 1.54) is 24.6 Å². The van der Waals surface area contributed by atoms with Crippen molar-refractivity contribution in [2.75, 3.05) is 27.3 Å². The zero-order chi connectivity index (χ0) is 19.9. The van der Waals surface area contributed by atoms with Crippen LogP contribution in [0.1, 0.15) is 11.1 Å². The van der Waals surface area contributed by atoms with E-state index in [-0.39, 0.29) is 29.2 Å². The summed E-state index contributed by atoms with van der Waals surface area (Å²) in [6.07, 6.45) is -0.291. The molecule has 0 aromatic heterocycles. The molecule has 2 aliphatic rings. The van der Waals surface area contributed by atoms with Gasteiger partial charge < -0.3 is 14.3 Å². The first-order valence-corrected chi connectivity index (χ1v) is 10.4. The molecule has 148 valence electrons. The van der Waals surface area contributed by atoms with Gasteiger partial charge in [0, 0.05) is 18.2 Å². The number of nitrogens with zero attached hydrogens (tertiary/aromatic N) is 2. The standard InChI is InChI=1S/C20H22N2O5S/c1-13-6-4-5-7-15(13)20-16-11-22(12-18(16)27-21-20)28(23,24)19-10-14(25-2)8-9-17(19)26-3/h4-10,16,18H,11-12H2,1-3H3. The first-order valence-electron chi connectivity index (χ1n) is 8.97. The van der Waals surface area contributed by atoms with Gasteiger partial charge in [0.05, 0.1) is 32.4 Å². The van der Waals surface area contributed by atoms with Crippen molar-refractivity contribution in [3.63, 3.8) is 0 Å². The SMILES string of the molecule is COc1ccc(OC)c(S(=O)(=O)N2CC3ON=C(c4ccccc4C)C3C2)c1. The Kier molecular flexibility index (Phi) is 4.76. The maximum Gasteiger partial charge on any atom is 0.247 e. The number of ether oxygens (including phenoxy) is 2. The largest absolute Gasteiger partial charge is 0.497 e. The number of aryl methyl sites for hydroxylation is 1. The molecule has 0 aliphatic carbocycles. The molecule has 1 fully saturated rings. The molecule has 0 saturated carbocycles. The van der Waals surface area contributed by atoms with Crippen molar-refractivity contribution in [2.45, 2.75) is 17.9 Å². The average molecular weight is 402 g/mol. The molecule has 2 unspecified atom stereocenters. The van der Waals surface area contributed by atoms with Crippen molar-refractivity contribution < 1.29 is 22.7 Å². The van der Waals surface area contributed by atoms with E-state index in [4.69, 9.17) is 14.3 Å². The van der Waals surface area contributed by atoms with Gasteiger partial charge in [0.25, 0.3) is 0 Å². The van der Waals surface area contributed by atoms with E-state index in [1.807, 2.05) is 31.2 Å². The van der Waals surface area contributed by atoms with Crippen LogP contribution in [-0.4, -0.2) is 51.8 Å². The third-order valence-corrected chi connectivity index (χ3v) is 7.13. The highest BCUT2D eigenvalue weighted by atomic mass is 32.2.